The lowest BCUT2D eigenvalue weighted by Crippen LogP contribution is -1.99. The summed E-state index contributed by atoms with van der Waals surface area (Å²) in [5.74, 6) is 0. The molecule has 3 aromatic rings. The average Bonchev–Trinajstić information content (AvgIpc) is 2.86. The van der Waals surface area contributed by atoms with Gasteiger partial charge in [-0.05, 0) is 30.5 Å². The van der Waals surface area contributed by atoms with E-state index >= 15 is 0 Å². The lowest BCUT2D eigenvalue weighted by molar-refractivity contribution is 0.223. The summed E-state index contributed by atoms with van der Waals surface area (Å²) in [7, 11) is 0. The quantitative estimate of drug-likeness (QED) is 0.771. The molecule has 1 atom stereocenters. The molecule has 0 aliphatic rings. The number of aryl methyl sites for hydroxylation is 2. The lowest BCUT2D eigenvalue weighted by Gasteiger charge is -2.11. The van der Waals surface area contributed by atoms with Crippen LogP contribution in [0.15, 0.2) is 54.6 Å². The molecule has 1 heterocycles. The standard InChI is InChI=1S/C18H17NOS/c1-12-18(21-13(2)19-12)17(20)16-10-8-15(9-11-16)14-6-4-3-5-7-14/h3-11,17,20H,1-2H3. The van der Waals surface area contributed by atoms with Crippen molar-refractivity contribution >= 4 is 11.3 Å². The second kappa shape index (κ2) is 5.80. The highest BCUT2D eigenvalue weighted by molar-refractivity contribution is 7.11. The molecule has 106 valence electrons. The summed E-state index contributed by atoms with van der Waals surface area (Å²) in [5, 5.41) is 11.5. The molecule has 2 nitrogen and oxygen atoms in total. The third-order valence-corrected chi connectivity index (χ3v) is 4.65. The Balaban J connectivity index is 1.89. The van der Waals surface area contributed by atoms with Crippen molar-refractivity contribution < 1.29 is 5.11 Å². The largest absolute Gasteiger partial charge is 0.383 e. The van der Waals surface area contributed by atoms with Crippen LogP contribution in [0.3, 0.4) is 0 Å². The SMILES string of the molecule is Cc1nc(C)c(C(O)c2ccc(-c3ccccc3)cc2)s1. The summed E-state index contributed by atoms with van der Waals surface area (Å²) in [5.41, 5.74) is 4.16. The minimum Gasteiger partial charge on any atom is -0.383 e. The molecule has 0 spiro atoms. The van der Waals surface area contributed by atoms with Crippen molar-refractivity contribution in [2.75, 3.05) is 0 Å². The summed E-state index contributed by atoms with van der Waals surface area (Å²) in [4.78, 5) is 5.31. The zero-order chi connectivity index (χ0) is 14.8. The fraction of sp³-hybridized carbons (Fsp3) is 0.167. The van der Waals surface area contributed by atoms with Crippen molar-refractivity contribution in [2.45, 2.75) is 20.0 Å². The van der Waals surface area contributed by atoms with Gasteiger partial charge in [0.25, 0.3) is 0 Å². The number of aliphatic hydroxyl groups excluding tert-OH is 1. The number of nitrogens with zero attached hydrogens (tertiary/aromatic N) is 1. The molecule has 2 aromatic carbocycles. The van der Waals surface area contributed by atoms with Crippen LogP contribution < -0.4 is 0 Å². The maximum Gasteiger partial charge on any atom is 0.115 e. The number of benzene rings is 2. The normalized spacial score (nSPS) is 12.3. The minimum absolute atomic E-state index is 0.596. The average molecular weight is 295 g/mol. The van der Waals surface area contributed by atoms with Crippen LogP contribution in [0.2, 0.25) is 0 Å². The van der Waals surface area contributed by atoms with Crippen molar-refractivity contribution in [2.24, 2.45) is 0 Å². The molecule has 3 heteroatoms. The molecule has 0 saturated heterocycles. The molecule has 0 bridgehead atoms. The molecule has 3 rings (SSSR count). The van der Waals surface area contributed by atoms with Crippen LogP contribution in [0.1, 0.15) is 27.2 Å². The number of rotatable bonds is 3. The Hall–Kier alpha value is -1.97. The molecule has 0 aliphatic carbocycles. The van der Waals surface area contributed by atoms with E-state index in [-0.39, 0.29) is 0 Å². The number of aliphatic hydroxyl groups is 1. The van der Waals surface area contributed by atoms with Gasteiger partial charge in [-0.1, -0.05) is 54.6 Å². The smallest absolute Gasteiger partial charge is 0.115 e. The van der Waals surface area contributed by atoms with Crippen molar-refractivity contribution in [3.63, 3.8) is 0 Å². The summed E-state index contributed by atoms with van der Waals surface area (Å²) in [6.07, 6.45) is -0.596. The third kappa shape index (κ3) is 2.89. The van der Waals surface area contributed by atoms with E-state index < -0.39 is 6.10 Å². The van der Waals surface area contributed by atoms with Gasteiger partial charge in [0.15, 0.2) is 0 Å². The van der Waals surface area contributed by atoms with Crippen LogP contribution in [-0.4, -0.2) is 10.1 Å². The molecule has 0 aliphatic heterocycles. The van der Waals surface area contributed by atoms with Gasteiger partial charge in [-0.15, -0.1) is 11.3 Å². The van der Waals surface area contributed by atoms with Gasteiger partial charge in [0.05, 0.1) is 15.6 Å². The molecular formula is C18H17NOS. The van der Waals surface area contributed by atoms with Crippen molar-refractivity contribution in [3.05, 3.63) is 75.7 Å². The molecular weight excluding hydrogens is 278 g/mol. The van der Waals surface area contributed by atoms with E-state index in [4.69, 9.17) is 0 Å². The summed E-state index contributed by atoms with van der Waals surface area (Å²) in [6, 6.07) is 18.3. The van der Waals surface area contributed by atoms with Crippen molar-refractivity contribution in [1.29, 1.82) is 0 Å². The van der Waals surface area contributed by atoms with E-state index in [1.165, 1.54) is 5.56 Å². The van der Waals surface area contributed by atoms with Gasteiger partial charge in [0.1, 0.15) is 6.10 Å². The van der Waals surface area contributed by atoms with E-state index in [1.54, 1.807) is 11.3 Å². The first-order valence-electron chi connectivity index (χ1n) is 6.92. The molecule has 1 unspecified atom stereocenters. The Bertz CT molecular complexity index is 732. The molecule has 0 saturated carbocycles. The Kier molecular flexibility index (Phi) is 3.86. The van der Waals surface area contributed by atoms with Gasteiger partial charge < -0.3 is 5.11 Å². The highest BCUT2D eigenvalue weighted by Gasteiger charge is 2.16. The number of hydrogen-bond acceptors (Lipinski definition) is 3. The molecule has 1 N–H and O–H groups in total. The first kappa shape index (κ1) is 14.0. The highest BCUT2D eigenvalue weighted by Crippen LogP contribution is 2.31. The first-order valence-corrected chi connectivity index (χ1v) is 7.74. The molecule has 0 amide bonds. The Labute approximate surface area is 128 Å². The molecule has 0 fully saturated rings. The predicted molar refractivity (Wildman–Crippen MR) is 87.5 cm³/mol. The second-order valence-electron chi connectivity index (χ2n) is 5.07. The van der Waals surface area contributed by atoms with Gasteiger partial charge in [0.2, 0.25) is 0 Å². The molecule has 0 radical (unpaired) electrons. The monoisotopic (exact) mass is 295 g/mol. The number of aromatic nitrogens is 1. The summed E-state index contributed by atoms with van der Waals surface area (Å²) >= 11 is 1.56. The minimum atomic E-state index is -0.596. The second-order valence-corrected chi connectivity index (χ2v) is 6.31. The fourth-order valence-corrected chi connectivity index (χ4v) is 3.38. The Morgan fingerprint density at radius 2 is 1.52 bits per heavy atom. The van der Waals surface area contributed by atoms with Crippen molar-refractivity contribution in [3.8, 4) is 11.1 Å². The topological polar surface area (TPSA) is 33.1 Å². The summed E-state index contributed by atoms with van der Waals surface area (Å²) in [6.45, 7) is 3.91. The van der Waals surface area contributed by atoms with Crippen molar-refractivity contribution in [1.82, 2.24) is 4.98 Å². The predicted octanol–water partition coefficient (Wildman–Crippen LogP) is 4.51. The van der Waals surface area contributed by atoms with Crippen LogP contribution in [0.5, 0.6) is 0 Å². The summed E-state index contributed by atoms with van der Waals surface area (Å²) < 4.78 is 0. The zero-order valence-corrected chi connectivity index (χ0v) is 12.9. The zero-order valence-electron chi connectivity index (χ0n) is 12.1. The Morgan fingerprint density at radius 1 is 0.905 bits per heavy atom. The van der Waals surface area contributed by atoms with Crippen LogP contribution in [0, 0.1) is 13.8 Å². The van der Waals surface area contributed by atoms with E-state index in [0.29, 0.717) is 0 Å². The maximum atomic E-state index is 10.5. The van der Waals surface area contributed by atoms with Gasteiger partial charge >= 0.3 is 0 Å². The molecule has 1 aromatic heterocycles. The lowest BCUT2D eigenvalue weighted by atomic mass is 10.0. The van der Waals surface area contributed by atoms with Gasteiger partial charge in [-0.2, -0.15) is 0 Å². The van der Waals surface area contributed by atoms with Crippen LogP contribution in [0.4, 0.5) is 0 Å². The van der Waals surface area contributed by atoms with Crippen LogP contribution in [0.25, 0.3) is 11.1 Å². The van der Waals surface area contributed by atoms with E-state index in [0.717, 1.165) is 26.7 Å². The number of thiazole rings is 1. The first-order chi connectivity index (χ1) is 10.1. The van der Waals surface area contributed by atoms with Crippen LogP contribution >= 0.6 is 11.3 Å². The maximum absolute atomic E-state index is 10.5. The van der Waals surface area contributed by atoms with Gasteiger partial charge in [-0.3, -0.25) is 0 Å². The van der Waals surface area contributed by atoms with E-state index in [9.17, 15) is 5.11 Å². The van der Waals surface area contributed by atoms with E-state index in [1.807, 2.05) is 44.2 Å². The van der Waals surface area contributed by atoms with E-state index in [2.05, 4.69) is 29.2 Å². The van der Waals surface area contributed by atoms with Crippen LogP contribution in [-0.2, 0) is 0 Å². The third-order valence-electron chi connectivity index (χ3n) is 3.52. The van der Waals surface area contributed by atoms with Gasteiger partial charge in [0, 0.05) is 0 Å². The highest BCUT2D eigenvalue weighted by atomic mass is 32.1. The number of hydrogen-bond donors (Lipinski definition) is 1. The fourth-order valence-electron chi connectivity index (χ4n) is 2.44. The molecule has 21 heavy (non-hydrogen) atoms. The Morgan fingerprint density at radius 3 is 2.10 bits per heavy atom. The van der Waals surface area contributed by atoms with Gasteiger partial charge in [-0.25, -0.2) is 4.98 Å².